The number of hydrogen-bond acceptors (Lipinski definition) is 8. The van der Waals surface area contributed by atoms with Crippen molar-refractivity contribution in [3.8, 4) is 28.5 Å². The number of aryl methyl sites for hydroxylation is 1. The lowest BCUT2D eigenvalue weighted by Crippen LogP contribution is -2.17. The lowest BCUT2D eigenvalue weighted by molar-refractivity contribution is 0.0996. The topological polar surface area (TPSA) is 159 Å². The van der Waals surface area contributed by atoms with Crippen molar-refractivity contribution in [2.75, 3.05) is 12.3 Å². The van der Waals surface area contributed by atoms with E-state index < -0.39 is 5.91 Å². The van der Waals surface area contributed by atoms with Gasteiger partial charge >= 0.3 is 6.01 Å². The van der Waals surface area contributed by atoms with Crippen molar-refractivity contribution in [1.29, 1.82) is 0 Å². The minimum Gasteiger partial charge on any atom is -0.463 e. The summed E-state index contributed by atoms with van der Waals surface area (Å²) in [6, 6.07) is 13.3. The number of anilines is 1. The Bertz CT molecular complexity index is 1530. The van der Waals surface area contributed by atoms with Gasteiger partial charge in [0.1, 0.15) is 0 Å². The fraction of sp³-hybridized carbons (Fsp3) is 0.120. The van der Waals surface area contributed by atoms with Crippen LogP contribution >= 0.6 is 0 Å². The number of H-pyrrole nitrogens is 1. The molecular formula is C25H22N8O2. The average Bonchev–Trinajstić information content (AvgIpc) is 3.34. The number of carbonyl (C=O) groups is 1. The van der Waals surface area contributed by atoms with Gasteiger partial charge in [-0.15, -0.1) is 0 Å². The summed E-state index contributed by atoms with van der Waals surface area (Å²) in [5.41, 5.74) is 17.2. The third-order valence-corrected chi connectivity index (χ3v) is 5.61. The van der Waals surface area contributed by atoms with E-state index in [4.69, 9.17) is 16.2 Å². The number of rotatable bonds is 7. The summed E-state index contributed by atoms with van der Waals surface area (Å²) in [7, 11) is 0. The fourth-order valence-electron chi connectivity index (χ4n) is 3.91. The summed E-state index contributed by atoms with van der Waals surface area (Å²) in [5, 5.41) is 7.97. The summed E-state index contributed by atoms with van der Waals surface area (Å²) in [6.45, 7) is 2.32. The third kappa shape index (κ3) is 4.36. The van der Waals surface area contributed by atoms with Gasteiger partial charge in [-0.2, -0.15) is 10.1 Å². The van der Waals surface area contributed by atoms with Gasteiger partial charge in [-0.3, -0.25) is 14.9 Å². The summed E-state index contributed by atoms with van der Waals surface area (Å²) in [5.74, 6) is -0.733. The van der Waals surface area contributed by atoms with Crippen LogP contribution in [-0.2, 0) is 6.42 Å². The molecule has 35 heavy (non-hydrogen) atoms. The monoisotopic (exact) mass is 466 g/mol. The van der Waals surface area contributed by atoms with Crippen LogP contribution in [0.1, 0.15) is 21.7 Å². The molecular weight excluding hydrogens is 444 g/mol. The van der Waals surface area contributed by atoms with E-state index in [0.717, 1.165) is 27.7 Å². The van der Waals surface area contributed by atoms with Gasteiger partial charge in [-0.1, -0.05) is 12.1 Å². The quantitative estimate of drug-likeness (QED) is 0.330. The first-order valence-electron chi connectivity index (χ1n) is 10.9. The molecule has 0 fully saturated rings. The Labute approximate surface area is 200 Å². The van der Waals surface area contributed by atoms with Gasteiger partial charge in [0.25, 0.3) is 5.91 Å². The molecule has 1 aromatic carbocycles. The van der Waals surface area contributed by atoms with E-state index in [0.29, 0.717) is 30.0 Å². The highest BCUT2D eigenvalue weighted by atomic mass is 16.5. The molecule has 10 heteroatoms. The number of benzene rings is 1. The van der Waals surface area contributed by atoms with Gasteiger partial charge in [0.05, 0.1) is 35.4 Å². The molecule has 5 rings (SSSR count). The molecule has 10 nitrogen and oxygen atoms in total. The van der Waals surface area contributed by atoms with E-state index in [9.17, 15) is 4.79 Å². The van der Waals surface area contributed by atoms with Crippen LogP contribution in [0.2, 0.25) is 0 Å². The smallest absolute Gasteiger partial charge is 0.316 e. The van der Waals surface area contributed by atoms with Crippen LogP contribution in [-0.4, -0.2) is 42.6 Å². The Morgan fingerprint density at radius 2 is 1.94 bits per heavy atom. The van der Waals surface area contributed by atoms with Crippen LogP contribution in [0.4, 0.5) is 5.69 Å². The Balaban J connectivity index is 1.54. The van der Waals surface area contributed by atoms with Crippen LogP contribution in [0, 0.1) is 6.92 Å². The number of nitrogens with zero attached hydrogens (tertiary/aromatic N) is 5. The highest BCUT2D eigenvalue weighted by molar-refractivity contribution is 6.05. The third-order valence-electron chi connectivity index (χ3n) is 5.61. The highest BCUT2D eigenvalue weighted by Crippen LogP contribution is 2.37. The maximum atomic E-state index is 12.2. The number of nitrogen functional groups attached to an aromatic ring is 1. The molecule has 0 spiro atoms. The molecule has 0 radical (unpaired) electrons. The predicted octanol–water partition coefficient (Wildman–Crippen LogP) is 3.09. The number of fused-ring (bicyclic) bond motifs is 1. The van der Waals surface area contributed by atoms with E-state index in [1.54, 1.807) is 30.7 Å². The van der Waals surface area contributed by atoms with E-state index in [-0.39, 0.29) is 17.4 Å². The molecule has 5 N–H and O–H groups in total. The van der Waals surface area contributed by atoms with Crippen molar-refractivity contribution in [1.82, 2.24) is 30.1 Å². The number of aromatic amines is 1. The second-order valence-electron chi connectivity index (χ2n) is 7.91. The van der Waals surface area contributed by atoms with Crippen molar-refractivity contribution < 1.29 is 9.53 Å². The van der Waals surface area contributed by atoms with E-state index in [1.165, 1.54) is 0 Å². The largest absolute Gasteiger partial charge is 0.463 e. The van der Waals surface area contributed by atoms with Crippen LogP contribution in [0.25, 0.3) is 33.4 Å². The lowest BCUT2D eigenvalue weighted by Gasteiger charge is -2.15. The standard InChI is InChI=1S/C25H22N8O2/c1-14-5-6-18-17(13-30-33-18)21(14)16-12-20(31-23(22(16)26)24(27)34)19-7-10-29-25(32-19)35-11-8-15-4-2-3-9-28-15/h2-7,9-10,12-13H,8,11,26H2,1H3,(H2,27,34)(H,30,33). The number of pyridine rings is 2. The van der Waals surface area contributed by atoms with Crippen molar-refractivity contribution in [3.05, 3.63) is 78.0 Å². The summed E-state index contributed by atoms with van der Waals surface area (Å²) in [4.78, 5) is 29.6. The van der Waals surface area contributed by atoms with E-state index in [1.807, 2.05) is 37.3 Å². The maximum Gasteiger partial charge on any atom is 0.316 e. The molecule has 1 amide bonds. The molecule has 174 valence electrons. The van der Waals surface area contributed by atoms with Crippen molar-refractivity contribution in [2.24, 2.45) is 5.73 Å². The number of aromatic nitrogens is 6. The number of carbonyl (C=O) groups excluding carboxylic acids is 1. The lowest BCUT2D eigenvalue weighted by atomic mass is 9.94. The summed E-state index contributed by atoms with van der Waals surface area (Å²) >= 11 is 0. The summed E-state index contributed by atoms with van der Waals surface area (Å²) in [6.07, 6.45) is 5.64. The van der Waals surface area contributed by atoms with Crippen LogP contribution in [0.3, 0.4) is 0 Å². The fourth-order valence-corrected chi connectivity index (χ4v) is 3.91. The Kier molecular flexibility index (Phi) is 5.76. The molecule has 0 bridgehead atoms. The van der Waals surface area contributed by atoms with Gasteiger partial charge in [0.15, 0.2) is 5.69 Å². The first kappa shape index (κ1) is 22.0. The van der Waals surface area contributed by atoms with Gasteiger partial charge in [-0.05, 0) is 48.4 Å². The molecule has 0 aliphatic heterocycles. The number of nitrogens with two attached hydrogens (primary N) is 2. The molecule has 0 unspecified atom stereocenters. The summed E-state index contributed by atoms with van der Waals surface area (Å²) < 4.78 is 5.74. The molecule has 4 aromatic heterocycles. The predicted molar refractivity (Wildman–Crippen MR) is 131 cm³/mol. The second kappa shape index (κ2) is 9.18. The molecule has 0 saturated carbocycles. The molecule has 5 aromatic rings. The number of amides is 1. The number of hydrogen-bond donors (Lipinski definition) is 3. The average molecular weight is 467 g/mol. The zero-order valence-electron chi connectivity index (χ0n) is 18.9. The number of nitrogens with one attached hydrogen (secondary N) is 1. The van der Waals surface area contributed by atoms with Gasteiger partial charge in [0, 0.05) is 35.5 Å². The van der Waals surface area contributed by atoms with Crippen molar-refractivity contribution >= 4 is 22.5 Å². The molecule has 0 aliphatic rings. The second-order valence-corrected chi connectivity index (χ2v) is 7.91. The van der Waals surface area contributed by atoms with Gasteiger partial charge < -0.3 is 16.2 Å². The van der Waals surface area contributed by atoms with Crippen LogP contribution in [0.15, 0.2) is 61.1 Å². The van der Waals surface area contributed by atoms with Crippen LogP contribution < -0.4 is 16.2 Å². The molecule has 4 heterocycles. The zero-order chi connectivity index (χ0) is 24.4. The highest BCUT2D eigenvalue weighted by Gasteiger charge is 2.20. The Hall–Kier alpha value is -4.86. The SMILES string of the molecule is Cc1ccc2[nH]ncc2c1-c1cc(-c2ccnc(OCCc3ccccn3)n2)nc(C(N)=O)c1N. The van der Waals surface area contributed by atoms with Crippen LogP contribution in [0.5, 0.6) is 6.01 Å². The molecule has 0 atom stereocenters. The van der Waals surface area contributed by atoms with Crippen molar-refractivity contribution in [2.45, 2.75) is 13.3 Å². The molecule has 0 aliphatic carbocycles. The number of primary amides is 1. The minimum absolute atomic E-state index is 0.0337. The Morgan fingerprint density at radius 3 is 2.74 bits per heavy atom. The van der Waals surface area contributed by atoms with Crippen molar-refractivity contribution in [3.63, 3.8) is 0 Å². The minimum atomic E-state index is -0.733. The first-order valence-corrected chi connectivity index (χ1v) is 10.9. The molecule has 0 saturated heterocycles. The van der Waals surface area contributed by atoms with E-state index in [2.05, 4.69) is 30.1 Å². The number of ether oxygens (including phenoxy) is 1. The Morgan fingerprint density at radius 1 is 1.06 bits per heavy atom. The maximum absolute atomic E-state index is 12.2. The van der Waals surface area contributed by atoms with Gasteiger partial charge in [0.2, 0.25) is 0 Å². The van der Waals surface area contributed by atoms with Gasteiger partial charge in [-0.25, -0.2) is 9.97 Å². The first-order chi connectivity index (χ1) is 17.0. The normalized spacial score (nSPS) is 11.0. The van der Waals surface area contributed by atoms with E-state index >= 15 is 0 Å². The zero-order valence-corrected chi connectivity index (χ0v) is 18.9.